The van der Waals surface area contributed by atoms with Gasteiger partial charge in [-0.05, 0) is 68.5 Å². The molecule has 0 saturated carbocycles. The summed E-state index contributed by atoms with van der Waals surface area (Å²) in [4.78, 5) is 29.6. The van der Waals surface area contributed by atoms with Crippen LogP contribution in [0.4, 0.5) is 11.4 Å². The molecular formula is C26H26ClN3O3. The quantitative estimate of drug-likeness (QED) is 0.592. The normalized spacial score (nSPS) is 17.9. The van der Waals surface area contributed by atoms with Crippen molar-refractivity contribution < 1.29 is 14.7 Å². The molecule has 3 aromatic rings. The van der Waals surface area contributed by atoms with E-state index in [0.717, 1.165) is 11.3 Å². The number of hydrogen-bond donors (Lipinski definition) is 2. The van der Waals surface area contributed by atoms with E-state index in [9.17, 15) is 14.7 Å². The summed E-state index contributed by atoms with van der Waals surface area (Å²) in [5.74, 6) is -0.470. The molecule has 2 atom stereocenters. The van der Waals surface area contributed by atoms with Crippen molar-refractivity contribution in [2.24, 2.45) is 0 Å². The number of likely N-dealkylation sites (N-methyl/N-ethyl adjacent to an activating group) is 1. The maximum absolute atomic E-state index is 13.4. The minimum Gasteiger partial charge on any atom is -0.391 e. The average molecular weight is 464 g/mol. The number of nitrogens with zero attached hydrogens (tertiary/aromatic N) is 2. The van der Waals surface area contributed by atoms with Gasteiger partial charge < -0.3 is 20.2 Å². The van der Waals surface area contributed by atoms with E-state index in [1.165, 1.54) is 0 Å². The molecule has 0 unspecified atom stereocenters. The van der Waals surface area contributed by atoms with Crippen molar-refractivity contribution in [3.8, 4) is 0 Å². The highest BCUT2D eigenvalue weighted by Crippen LogP contribution is 2.36. The molecule has 2 amide bonds. The molecule has 0 aromatic heterocycles. The van der Waals surface area contributed by atoms with Gasteiger partial charge in [0.15, 0.2) is 0 Å². The van der Waals surface area contributed by atoms with Gasteiger partial charge in [0.1, 0.15) is 0 Å². The molecular weight excluding hydrogens is 438 g/mol. The van der Waals surface area contributed by atoms with Crippen LogP contribution in [0, 0.1) is 0 Å². The standard InChI is InChI=1S/C26H26ClN3O3/c1-29(2)24-20-8-4-6-10-22(20)30(16-15-23(24)31)26(33)17-11-13-18(14-12-17)28-25(32)19-7-3-5-9-21(19)27/h3-14,23-24,31H,15-16H2,1-2H3,(H,28,32)/t23-,24-/m1/s1. The van der Waals surface area contributed by atoms with Gasteiger partial charge in [0.2, 0.25) is 0 Å². The molecule has 6 nitrogen and oxygen atoms in total. The van der Waals surface area contributed by atoms with Crippen LogP contribution in [-0.2, 0) is 0 Å². The van der Waals surface area contributed by atoms with Gasteiger partial charge in [-0.1, -0.05) is 41.9 Å². The van der Waals surface area contributed by atoms with Crippen molar-refractivity contribution in [3.63, 3.8) is 0 Å². The first-order valence-corrected chi connectivity index (χ1v) is 11.2. The molecule has 0 bridgehead atoms. The molecule has 0 spiro atoms. The van der Waals surface area contributed by atoms with Crippen molar-refractivity contribution in [1.29, 1.82) is 0 Å². The summed E-state index contributed by atoms with van der Waals surface area (Å²) in [6.45, 7) is 0.409. The maximum atomic E-state index is 13.4. The highest BCUT2D eigenvalue weighted by atomic mass is 35.5. The van der Waals surface area contributed by atoms with Crippen LogP contribution in [0.15, 0.2) is 72.8 Å². The number of hydrogen-bond acceptors (Lipinski definition) is 4. The summed E-state index contributed by atoms with van der Waals surface area (Å²) in [6, 6.07) is 21.1. The van der Waals surface area contributed by atoms with Gasteiger partial charge in [-0.25, -0.2) is 0 Å². The number of carbonyl (C=O) groups excluding carboxylic acids is 2. The third-order valence-electron chi connectivity index (χ3n) is 5.87. The lowest BCUT2D eigenvalue weighted by atomic mass is 9.98. The number of aliphatic hydroxyl groups is 1. The van der Waals surface area contributed by atoms with Crippen molar-refractivity contribution in [1.82, 2.24) is 4.90 Å². The highest BCUT2D eigenvalue weighted by molar-refractivity contribution is 6.34. The monoisotopic (exact) mass is 463 g/mol. The second-order valence-electron chi connectivity index (χ2n) is 8.29. The van der Waals surface area contributed by atoms with Gasteiger partial charge >= 0.3 is 0 Å². The van der Waals surface area contributed by atoms with E-state index < -0.39 is 6.10 Å². The Balaban J connectivity index is 1.56. The molecule has 2 N–H and O–H groups in total. The van der Waals surface area contributed by atoms with E-state index >= 15 is 0 Å². The number of carbonyl (C=O) groups is 2. The third-order valence-corrected chi connectivity index (χ3v) is 6.20. The van der Waals surface area contributed by atoms with E-state index in [2.05, 4.69) is 5.32 Å². The van der Waals surface area contributed by atoms with Crippen molar-refractivity contribution in [2.45, 2.75) is 18.6 Å². The molecule has 7 heteroatoms. The van der Waals surface area contributed by atoms with E-state index in [-0.39, 0.29) is 17.9 Å². The molecule has 33 heavy (non-hydrogen) atoms. The Hall–Kier alpha value is -3.19. The molecule has 1 aliphatic heterocycles. The summed E-state index contributed by atoms with van der Waals surface area (Å²) >= 11 is 6.10. The summed E-state index contributed by atoms with van der Waals surface area (Å²) in [5, 5.41) is 13.9. The number of fused-ring (bicyclic) bond motifs is 1. The number of aliphatic hydroxyl groups excluding tert-OH is 1. The van der Waals surface area contributed by atoms with Crippen LogP contribution < -0.4 is 10.2 Å². The predicted molar refractivity (Wildman–Crippen MR) is 131 cm³/mol. The van der Waals surface area contributed by atoms with Gasteiger partial charge in [0.05, 0.1) is 22.7 Å². The number of para-hydroxylation sites is 1. The second-order valence-corrected chi connectivity index (χ2v) is 8.70. The summed E-state index contributed by atoms with van der Waals surface area (Å²) < 4.78 is 0. The first-order valence-electron chi connectivity index (χ1n) is 10.8. The van der Waals surface area contributed by atoms with E-state index in [4.69, 9.17) is 11.6 Å². The Morgan fingerprint density at radius 3 is 2.36 bits per heavy atom. The number of benzene rings is 3. The minimum atomic E-state index is -0.582. The van der Waals surface area contributed by atoms with E-state index in [0.29, 0.717) is 34.8 Å². The van der Waals surface area contributed by atoms with Gasteiger partial charge in [-0.3, -0.25) is 9.59 Å². The lowest BCUT2D eigenvalue weighted by Crippen LogP contribution is -2.32. The second kappa shape index (κ2) is 9.75. The lowest BCUT2D eigenvalue weighted by Gasteiger charge is -2.29. The summed E-state index contributed by atoms with van der Waals surface area (Å²) in [7, 11) is 3.86. The topological polar surface area (TPSA) is 72.9 Å². The molecule has 4 rings (SSSR count). The molecule has 0 radical (unpaired) electrons. The van der Waals surface area contributed by atoms with E-state index in [1.807, 2.05) is 43.3 Å². The van der Waals surface area contributed by atoms with Crippen LogP contribution in [0.5, 0.6) is 0 Å². The number of amides is 2. The molecule has 0 saturated heterocycles. The van der Waals surface area contributed by atoms with Gasteiger partial charge in [0, 0.05) is 23.5 Å². The van der Waals surface area contributed by atoms with Gasteiger partial charge in [-0.2, -0.15) is 0 Å². The fourth-order valence-electron chi connectivity index (χ4n) is 4.26. The predicted octanol–water partition coefficient (Wildman–Crippen LogP) is 4.61. The number of nitrogens with one attached hydrogen (secondary N) is 1. The van der Waals surface area contributed by atoms with Crippen LogP contribution >= 0.6 is 11.6 Å². The van der Waals surface area contributed by atoms with Crippen molar-refractivity contribution >= 4 is 34.8 Å². The molecule has 170 valence electrons. The Morgan fingerprint density at radius 1 is 1.00 bits per heavy atom. The van der Waals surface area contributed by atoms with Crippen LogP contribution in [-0.4, -0.2) is 48.6 Å². The largest absolute Gasteiger partial charge is 0.391 e. The fraction of sp³-hybridized carbons (Fsp3) is 0.231. The van der Waals surface area contributed by atoms with Crippen LogP contribution in [0.2, 0.25) is 5.02 Å². The molecule has 1 heterocycles. The zero-order chi connectivity index (χ0) is 23.5. The number of halogens is 1. The zero-order valence-electron chi connectivity index (χ0n) is 18.5. The first-order chi connectivity index (χ1) is 15.9. The highest BCUT2D eigenvalue weighted by Gasteiger charge is 2.33. The Kier molecular flexibility index (Phi) is 6.79. The molecule has 1 aliphatic rings. The number of rotatable bonds is 4. The number of anilines is 2. The average Bonchev–Trinajstić information content (AvgIpc) is 2.95. The smallest absolute Gasteiger partial charge is 0.258 e. The molecule has 0 fully saturated rings. The third kappa shape index (κ3) is 4.78. The maximum Gasteiger partial charge on any atom is 0.258 e. The first kappa shape index (κ1) is 23.0. The Morgan fingerprint density at radius 2 is 1.67 bits per heavy atom. The van der Waals surface area contributed by atoms with Gasteiger partial charge in [0.25, 0.3) is 11.8 Å². The zero-order valence-corrected chi connectivity index (χ0v) is 19.3. The fourth-order valence-corrected chi connectivity index (χ4v) is 4.48. The summed E-state index contributed by atoms with van der Waals surface area (Å²) in [5.41, 5.74) is 3.17. The van der Waals surface area contributed by atoms with Crippen LogP contribution in [0.3, 0.4) is 0 Å². The summed E-state index contributed by atoms with van der Waals surface area (Å²) in [6.07, 6.45) is -0.115. The Labute approximate surface area is 198 Å². The van der Waals surface area contributed by atoms with Crippen molar-refractivity contribution in [2.75, 3.05) is 30.9 Å². The SMILES string of the molecule is CN(C)[C@@H]1c2ccccc2N(C(=O)c2ccc(NC(=O)c3ccccc3Cl)cc2)CC[C@H]1O. The molecule has 0 aliphatic carbocycles. The lowest BCUT2D eigenvalue weighted by molar-refractivity contribution is 0.0729. The van der Waals surface area contributed by atoms with Crippen LogP contribution in [0.1, 0.15) is 38.7 Å². The minimum absolute atomic E-state index is 0.155. The van der Waals surface area contributed by atoms with E-state index in [1.54, 1.807) is 53.4 Å². The molecule has 3 aromatic carbocycles. The Bertz CT molecular complexity index is 1160. The van der Waals surface area contributed by atoms with Crippen molar-refractivity contribution in [3.05, 3.63) is 94.5 Å². The van der Waals surface area contributed by atoms with Gasteiger partial charge in [-0.15, -0.1) is 0 Å². The van der Waals surface area contributed by atoms with Crippen LogP contribution in [0.25, 0.3) is 0 Å².